The summed E-state index contributed by atoms with van der Waals surface area (Å²) in [6, 6.07) is 10.0. The zero-order valence-corrected chi connectivity index (χ0v) is 15.6. The van der Waals surface area contributed by atoms with Gasteiger partial charge in [-0.2, -0.15) is 18.4 Å². The molecule has 1 aliphatic heterocycles. The van der Waals surface area contributed by atoms with Gasteiger partial charge < -0.3 is 4.90 Å². The van der Waals surface area contributed by atoms with Crippen LogP contribution < -0.4 is 4.90 Å². The summed E-state index contributed by atoms with van der Waals surface area (Å²) in [6.45, 7) is 0. The number of hydrogen-bond acceptors (Lipinski definition) is 6. The average Bonchev–Trinajstić information content (AvgIpc) is 3.33. The van der Waals surface area contributed by atoms with Crippen LogP contribution in [-0.2, 0) is 6.42 Å². The minimum Gasteiger partial charge on any atom is -0.310 e. The van der Waals surface area contributed by atoms with Gasteiger partial charge in [-0.3, -0.25) is 4.99 Å². The first-order chi connectivity index (χ1) is 13.4. The molecule has 1 atom stereocenters. The number of halogens is 4. The van der Waals surface area contributed by atoms with Gasteiger partial charge in [-0.1, -0.05) is 28.9 Å². The van der Waals surface area contributed by atoms with Gasteiger partial charge in [0.2, 0.25) is 0 Å². The smallest absolute Gasteiger partial charge is 0.310 e. The normalized spacial score (nSPS) is 17.1. The summed E-state index contributed by atoms with van der Waals surface area (Å²) in [5.41, 5.74) is 0.425. The Balaban J connectivity index is 1.69. The fourth-order valence-electron chi connectivity index (χ4n) is 2.87. The van der Waals surface area contributed by atoms with Crippen LogP contribution in [0.2, 0.25) is 4.34 Å². The number of allylic oxidation sites excluding steroid dienone is 2. The summed E-state index contributed by atoms with van der Waals surface area (Å²) in [7, 11) is 0. The van der Waals surface area contributed by atoms with Gasteiger partial charge in [-0.05, 0) is 35.9 Å². The van der Waals surface area contributed by atoms with E-state index >= 15 is 0 Å². The topological polar surface area (TPSA) is 70.1 Å². The second-order valence-corrected chi connectivity index (χ2v) is 7.65. The Morgan fingerprint density at radius 1 is 1.14 bits per heavy atom. The second-order valence-electron chi connectivity index (χ2n) is 5.90. The molecule has 4 rings (SSSR count). The van der Waals surface area contributed by atoms with Crippen molar-refractivity contribution in [2.45, 2.75) is 18.8 Å². The molecule has 11 heteroatoms. The molecule has 0 bridgehead atoms. The van der Waals surface area contributed by atoms with E-state index in [1.165, 1.54) is 22.5 Å². The van der Waals surface area contributed by atoms with Gasteiger partial charge >= 0.3 is 6.18 Å². The molecular formula is C17H12ClF3N6S. The van der Waals surface area contributed by atoms with Crippen LogP contribution in [0.5, 0.6) is 0 Å². The van der Waals surface area contributed by atoms with Gasteiger partial charge in [0.1, 0.15) is 5.70 Å². The minimum absolute atomic E-state index is 0.367. The molecule has 144 valence electrons. The van der Waals surface area contributed by atoms with Crippen LogP contribution in [0, 0.1) is 0 Å². The van der Waals surface area contributed by atoms with Crippen LogP contribution in [0.15, 0.2) is 53.2 Å². The number of rotatable bonds is 4. The Morgan fingerprint density at radius 3 is 2.54 bits per heavy atom. The Morgan fingerprint density at radius 2 is 1.93 bits per heavy atom. The molecular weight excluding hydrogens is 413 g/mol. The number of alkyl halides is 3. The van der Waals surface area contributed by atoms with Crippen LogP contribution in [0.4, 0.5) is 18.9 Å². The van der Waals surface area contributed by atoms with E-state index in [1.807, 2.05) is 0 Å². The molecule has 6 nitrogen and oxygen atoms in total. The predicted molar refractivity (Wildman–Crippen MR) is 101 cm³/mol. The summed E-state index contributed by atoms with van der Waals surface area (Å²) in [5, 5.41) is 13.6. The highest BCUT2D eigenvalue weighted by atomic mass is 35.5. The molecule has 0 spiro atoms. The number of thiophene rings is 1. The van der Waals surface area contributed by atoms with Crippen molar-refractivity contribution in [3.63, 3.8) is 0 Å². The third-order valence-corrected chi connectivity index (χ3v) is 5.34. The first kappa shape index (κ1) is 18.6. The van der Waals surface area contributed by atoms with Gasteiger partial charge in [0.15, 0.2) is 12.0 Å². The highest BCUT2D eigenvalue weighted by Gasteiger charge is 2.42. The molecule has 3 heterocycles. The Kier molecular flexibility index (Phi) is 4.90. The second kappa shape index (κ2) is 7.36. The zero-order chi connectivity index (χ0) is 19.7. The standard InChI is InChI=1S/C17H12ClF3N6S/c18-14-6-5-12(28-14)16-22-8-7-13(17(19,20)21)27(16)11-3-1-10(2-4-11)9-15-23-25-26-24-15/h1-8,16H,9H2,(H,23,24,25,26). The first-order valence-electron chi connectivity index (χ1n) is 8.08. The Labute approximate surface area is 166 Å². The maximum Gasteiger partial charge on any atom is 0.431 e. The molecule has 2 aromatic heterocycles. The van der Waals surface area contributed by atoms with E-state index < -0.39 is 18.0 Å². The minimum atomic E-state index is -4.53. The van der Waals surface area contributed by atoms with E-state index in [1.54, 1.807) is 36.4 Å². The molecule has 0 radical (unpaired) electrons. The fourth-order valence-corrected chi connectivity index (χ4v) is 3.97. The molecule has 0 saturated carbocycles. The van der Waals surface area contributed by atoms with Crippen molar-refractivity contribution < 1.29 is 13.2 Å². The van der Waals surface area contributed by atoms with Crippen molar-refractivity contribution in [2.75, 3.05) is 4.90 Å². The number of anilines is 1. The number of benzene rings is 1. The van der Waals surface area contributed by atoms with E-state index in [4.69, 9.17) is 11.6 Å². The summed E-state index contributed by atoms with van der Waals surface area (Å²) in [5.74, 6) is 0.498. The van der Waals surface area contributed by atoms with Gasteiger partial charge in [0.25, 0.3) is 0 Å². The van der Waals surface area contributed by atoms with Crippen molar-refractivity contribution in [3.8, 4) is 0 Å². The monoisotopic (exact) mass is 424 g/mol. The van der Waals surface area contributed by atoms with Crippen LogP contribution in [0.25, 0.3) is 0 Å². The number of nitrogens with one attached hydrogen (secondary N) is 1. The molecule has 0 aliphatic carbocycles. The summed E-state index contributed by atoms with van der Waals surface area (Å²) < 4.78 is 41.5. The van der Waals surface area contributed by atoms with Crippen molar-refractivity contribution >= 4 is 34.8 Å². The third-order valence-electron chi connectivity index (χ3n) is 4.07. The van der Waals surface area contributed by atoms with E-state index in [0.29, 0.717) is 27.1 Å². The molecule has 28 heavy (non-hydrogen) atoms. The highest BCUT2D eigenvalue weighted by molar-refractivity contribution is 7.16. The number of aliphatic imine (C=N–C) groups is 1. The quantitative estimate of drug-likeness (QED) is 0.667. The van der Waals surface area contributed by atoms with E-state index in [2.05, 4.69) is 25.6 Å². The van der Waals surface area contributed by atoms with Gasteiger partial charge in [-0.15, -0.1) is 21.5 Å². The SMILES string of the molecule is FC(F)(F)C1=CC=NC(c2ccc(Cl)s2)N1c1ccc(Cc2nn[nH]n2)cc1. The van der Waals surface area contributed by atoms with Crippen molar-refractivity contribution in [1.82, 2.24) is 20.6 Å². The van der Waals surface area contributed by atoms with Crippen molar-refractivity contribution in [2.24, 2.45) is 4.99 Å². The molecule has 3 aromatic rings. The number of nitrogens with zero attached hydrogens (tertiary/aromatic N) is 5. The molecule has 0 amide bonds. The molecule has 1 N–H and O–H groups in total. The average molecular weight is 425 g/mol. The maximum atomic E-state index is 13.7. The summed E-state index contributed by atoms with van der Waals surface area (Å²) in [4.78, 5) is 6.05. The third kappa shape index (κ3) is 3.78. The van der Waals surface area contributed by atoms with Gasteiger partial charge in [0.05, 0.1) is 9.21 Å². The number of hydrogen-bond donors (Lipinski definition) is 1. The number of tetrazole rings is 1. The van der Waals surface area contributed by atoms with Crippen molar-refractivity contribution in [3.05, 3.63) is 68.8 Å². The lowest BCUT2D eigenvalue weighted by atomic mass is 10.1. The summed E-state index contributed by atoms with van der Waals surface area (Å²) >= 11 is 7.18. The number of aromatic amines is 1. The maximum absolute atomic E-state index is 13.7. The lowest BCUT2D eigenvalue weighted by Crippen LogP contribution is -2.36. The zero-order valence-electron chi connectivity index (χ0n) is 14.1. The molecule has 1 aliphatic rings. The van der Waals surface area contributed by atoms with Crippen molar-refractivity contribution in [1.29, 1.82) is 0 Å². The number of H-pyrrole nitrogens is 1. The van der Waals surface area contributed by atoms with Crippen LogP contribution in [0.3, 0.4) is 0 Å². The van der Waals surface area contributed by atoms with Crippen LogP contribution in [0.1, 0.15) is 22.4 Å². The molecule has 1 aromatic carbocycles. The van der Waals surface area contributed by atoms with Gasteiger partial charge in [-0.25, -0.2) is 0 Å². The summed E-state index contributed by atoms with van der Waals surface area (Å²) in [6.07, 6.45) is -2.81. The van der Waals surface area contributed by atoms with E-state index in [-0.39, 0.29) is 0 Å². The lowest BCUT2D eigenvalue weighted by molar-refractivity contribution is -0.0941. The first-order valence-corrected chi connectivity index (χ1v) is 9.27. The Bertz CT molecular complexity index is 1010. The fraction of sp³-hybridized carbons (Fsp3) is 0.176. The largest absolute Gasteiger partial charge is 0.431 e. The van der Waals surface area contributed by atoms with E-state index in [0.717, 1.165) is 11.6 Å². The van der Waals surface area contributed by atoms with Crippen LogP contribution in [-0.4, -0.2) is 33.0 Å². The van der Waals surface area contributed by atoms with E-state index in [9.17, 15) is 13.2 Å². The highest BCUT2D eigenvalue weighted by Crippen LogP contribution is 2.42. The molecule has 0 fully saturated rings. The lowest BCUT2D eigenvalue weighted by Gasteiger charge is -2.35. The number of aromatic nitrogens is 4. The molecule has 1 unspecified atom stereocenters. The van der Waals surface area contributed by atoms with Crippen LogP contribution >= 0.6 is 22.9 Å². The predicted octanol–water partition coefficient (Wildman–Crippen LogP) is 4.54. The molecule has 0 saturated heterocycles. The Hall–Kier alpha value is -2.72. The van der Waals surface area contributed by atoms with Gasteiger partial charge in [0, 0.05) is 18.3 Å².